The molecule has 0 bridgehead atoms. The van der Waals surface area contributed by atoms with Crippen LogP contribution in [-0.2, 0) is 14.3 Å². The zero-order valence-corrected chi connectivity index (χ0v) is 22.5. The van der Waals surface area contributed by atoms with Crippen LogP contribution >= 0.6 is 34.8 Å². The molecular weight excluding hydrogens is 523 g/mol. The van der Waals surface area contributed by atoms with Gasteiger partial charge in [0.1, 0.15) is 5.75 Å². The minimum absolute atomic E-state index is 0.185. The fourth-order valence-electron chi connectivity index (χ4n) is 4.44. The summed E-state index contributed by atoms with van der Waals surface area (Å²) in [4.78, 5) is 27.9. The van der Waals surface area contributed by atoms with Gasteiger partial charge in [0, 0.05) is 32.8 Å². The van der Waals surface area contributed by atoms with Gasteiger partial charge in [-0.25, -0.2) is 4.79 Å². The third kappa shape index (κ3) is 4.52. The zero-order valence-electron chi connectivity index (χ0n) is 20.3. The summed E-state index contributed by atoms with van der Waals surface area (Å²) in [6, 6.07) is 12.2. The number of aryl methyl sites for hydroxylation is 1. The van der Waals surface area contributed by atoms with Crippen LogP contribution in [0.5, 0.6) is 5.75 Å². The monoisotopic (exact) mass is 544 g/mol. The molecule has 36 heavy (non-hydrogen) atoms. The number of halogens is 3. The fraction of sp³-hybridized carbons (Fsp3) is 0.185. The Morgan fingerprint density at radius 3 is 2.17 bits per heavy atom. The highest BCUT2D eigenvalue weighted by Gasteiger charge is 2.38. The third-order valence-electron chi connectivity index (χ3n) is 6.06. The van der Waals surface area contributed by atoms with E-state index >= 15 is 0 Å². The molecule has 3 aromatic rings. The molecule has 2 heterocycles. The maximum atomic E-state index is 13.7. The van der Waals surface area contributed by atoms with Gasteiger partial charge >= 0.3 is 5.97 Å². The number of methoxy groups -OCH3 is 2. The average molecular weight is 546 g/mol. The van der Waals surface area contributed by atoms with Crippen molar-refractivity contribution in [2.24, 2.45) is 0 Å². The van der Waals surface area contributed by atoms with Crippen LogP contribution in [0.4, 0.5) is 5.69 Å². The van der Waals surface area contributed by atoms with E-state index in [2.05, 4.69) is 0 Å². The first-order chi connectivity index (χ1) is 17.1. The van der Waals surface area contributed by atoms with Gasteiger partial charge in [0.2, 0.25) is 0 Å². The van der Waals surface area contributed by atoms with Crippen molar-refractivity contribution in [1.82, 2.24) is 4.57 Å². The lowest BCUT2D eigenvalue weighted by molar-refractivity contribution is -0.136. The van der Waals surface area contributed by atoms with Gasteiger partial charge in [0.05, 0.1) is 36.1 Å². The molecule has 9 heteroatoms. The summed E-state index contributed by atoms with van der Waals surface area (Å²) >= 11 is 18.8. The Morgan fingerprint density at radius 1 is 0.917 bits per heavy atom. The average Bonchev–Trinajstić information content (AvgIpc) is 3.23. The number of allylic oxidation sites excluding steroid dienone is 1. The van der Waals surface area contributed by atoms with Crippen molar-refractivity contribution in [1.29, 1.82) is 0 Å². The molecule has 0 unspecified atom stereocenters. The minimum atomic E-state index is -0.607. The van der Waals surface area contributed by atoms with Gasteiger partial charge in [0.25, 0.3) is 5.91 Å². The molecule has 0 radical (unpaired) electrons. The van der Waals surface area contributed by atoms with Gasteiger partial charge in [-0.2, -0.15) is 0 Å². The van der Waals surface area contributed by atoms with Crippen molar-refractivity contribution in [2.45, 2.75) is 20.8 Å². The number of hydrogen-bond acceptors (Lipinski definition) is 4. The second-order valence-corrected chi connectivity index (χ2v) is 9.54. The standard InChI is InChI=1S/C27H23Cl3N2O4/c1-14-8-17(15(2)31(14)21-11-18(28)10-19(29)12-21)9-22-25(27(34)36-5)16(3)32(26(22)33)20-6-7-24(35-4)23(30)13-20/h6-13H,1-5H3/b22-9-. The van der Waals surface area contributed by atoms with Crippen LogP contribution < -0.4 is 9.64 Å². The van der Waals surface area contributed by atoms with Crippen LogP contribution in [0.25, 0.3) is 11.8 Å². The van der Waals surface area contributed by atoms with Gasteiger partial charge in [-0.3, -0.25) is 9.69 Å². The molecule has 0 saturated carbocycles. The van der Waals surface area contributed by atoms with Gasteiger partial charge < -0.3 is 14.0 Å². The summed E-state index contributed by atoms with van der Waals surface area (Å²) in [5.74, 6) is -0.499. The van der Waals surface area contributed by atoms with Crippen LogP contribution in [0.15, 0.2) is 59.3 Å². The van der Waals surface area contributed by atoms with Crippen molar-refractivity contribution < 1.29 is 19.1 Å². The molecule has 0 atom stereocenters. The number of aromatic nitrogens is 1. The number of ether oxygens (including phenoxy) is 2. The number of rotatable bonds is 5. The van der Waals surface area contributed by atoms with Crippen molar-refractivity contribution in [3.63, 3.8) is 0 Å². The quantitative estimate of drug-likeness (QED) is 0.257. The number of benzene rings is 2. The molecule has 0 aliphatic carbocycles. The molecule has 0 N–H and O–H groups in total. The first kappa shape index (κ1) is 25.9. The van der Waals surface area contributed by atoms with Crippen molar-refractivity contribution in [3.8, 4) is 11.4 Å². The number of amides is 1. The Hall–Kier alpha value is -3.19. The molecule has 1 aliphatic rings. The van der Waals surface area contributed by atoms with Crippen molar-refractivity contribution in [3.05, 3.63) is 91.3 Å². The SMILES string of the molecule is COC(=O)C1=C(C)N(c2ccc(OC)c(Cl)c2)C(=O)/C1=C\c1cc(C)n(-c2cc(Cl)cc(Cl)c2)c1C. The molecule has 2 aromatic carbocycles. The molecule has 186 valence electrons. The van der Waals surface area contributed by atoms with Crippen molar-refractivity contribution >= 4 is 58.4 Å². The van der Waals surface area contributed by atoms with Gasteiger partial charge in [0.15, 0.2) is 0 Å². The molecule has 0 saturated heterocycles. The lowest BCUT2D eigenvalue weighted by atomic mass is 10.0. The second-order valence-electron chi connectivity index (χ2n) is 8.26. The lowest BCUT2D eigenvalue weighted by Gasteiger charge is -2.19. The topological polar surface area (TPSA) is 60.8 Å². The Balaban J connectivity index is 1.85. The number of carbonyl (C=O) groups is 2. The highest BCUT2D eigenvalue weighted by Crippen LogP contribution is 2.39. The predicted octanol–water partition coefficient (Wildman–Crippen LogP) is 6.94. The van der Waals surface area contributed by atoms with E-state index in [4.69, 9.17) is 44.3 Å². The van der Waals surface area contributed by atoms with E-state index in [9.17, 15) is 9.59 Å². The maximum absolute atomic E-state index is 13.7. The summed E-state index contributed by atoms with van der Waals surface area (Å²) < 4.78 is 12.2. The smallest absolute Gasteiger partial charge is 0.340 e. The van der Waals surface area contributed by atoms with Gasteiger partial charge in [-0.1, -0.05) is 34.8 Å². The predicted molar refractivity (Wildman–Crippen MR) is 143 cm³/mol. The van der Waals surface area contributed by atoms with Crippen molar-refractivity contribution in [2.75, 3.05) is 19.1 Å². The van der Waals surface area contributed by atoms with E-state index in [1.807, 2.05) is 36.6 Å². The first-order valence-corrected chi connectivity index (χ1v) is 12.1. The fourth-order valence-corrected chi connectivity index (χ4v) is 5.21. The Bertz CT molecular complexity index is 1450. The summed E-state index contributed by atoms with van der Waals surface area (Å²) in [5, 5.41) is 1.36. The summed E-state index contributed by atoms with van der Waals surface area (Å²) in [7, 11) is 2.80. The van der Waals surface area contributed by atoms with Gasteiger partial charge in [-0.15, -0.1) is 0 Å². The Labute approximate surface area is 224 Å². The molecule has 0 fully saturated rings. The molecular formula is C27H23Cl3N2O4. The Morgan fingerprint density at radius 2 is 1.58 bits per heavy atom. The zero-order chi connectivity index (χ0) is 26.3. The van der Waals surface area contributed by atoms with Crippen LogP contribution in [0, 0.1) is 13.8 Å². The van der Waals surface area contributed by atoms with E-state index in [1.54, 1.807) is 37.3 Å². The van der Waals surface area contributed by atoms with Crippen LogP contribution in [0.3, 0.4) is 0 Å². The molecule has 1 amide bonds. The van der Waals surface area contributed by atoms with E-state index in [0.29, 0.717) is 32.2 Å². The molecule has 1 aliphatic heterocycles. The number of anilines is 1. The van der Waals surface area contributed by atoms with E-state index in [1.165, 1.54) is 19.1 Å². The number of carbonyl (C=O) groups excluding carboxylic acids is 2. The number of esters is 1. The van der Waals surface area contributed by atoms with E-state index in [-0.39, 0.29) is 17.1 Å². The highest BCUT2D eigenvalue weighted by atomic mass is 35.5. The Kier molecular flexibility index (Phi) is 7.23. The molecule has 4 rings (SSSR count). The first-order valence-electron chi connectivity index (χ1n) is 10.9. The molecule has 1 aromatic heterocycles. The summed E-state index contributed by atoms with van der Waals surface area (Å²) in [5.41, 5.74) is 4.65. The van der Waals surface area contributed by atoms with E-state index in [0.717, 1.165) is 22.6 Å². The lowest BCUT2D eigenvalue weighted by Crippen LogP contribution is -2.24. The van der Waals surface area contributed by atoms with Gasteiger partial charge in [-0.05, 0) is 74.9 Å². The van der Waals surface area contributed by atoms with E-state index < -0.39 is 5.97 Å². The molecule has 6 nitrogen and oxygen atoms in total. The second kappa shape index (κ2) is 10.1. The number of hydrogen-bond donors (Lipinski definition) is 0. The summed E-state index contributed by atoms with van der Waals surface area (Å²) in [6.07, 6.45) is 1.70. The largest absolute Gasteiger partial charge is 0.495 e. The van der Waals surface area contributed by atoms with Crippen LogP contribution in [0.1, 0.15) is 23.9 Å². The summed E-state index contributed by atoms with van der Waals surface area (Å²) in [6.45, 7) is 5.55. The highest BCUT2D eigenvalue weighted by molar-refractivity contribution is 6.35. The minimum Gasteiger partial charge on any atom is -0.495 e. The van der Waals surface area contributed by atoms with Crippen LogP contribution in [-0.4, -0.2) is 30.7 Å². The number of nitrogens with zero attached hydrogens (tertiary/aromatic N) is 2. The maximum Gasteiger partial charge on any atom is 0.340 e. The third-order valence-corrected chi connectivity index (χ3v) is 6.79. The normalized spacial score (nSPS) is 14.7. The van der Waals surface area contributed by atoms with Crippen LogP contribution in [0.2, 0.25) is 15.1 Å². The molecule has 0 spiro atoms.